The molecule has 0 fully saturated rings. The van der Waals surface area contributed by atoms with Gasteiger partial charge in [-0.2, -0.15) is 0 Å². The molecule has 0 unspecified atom stereocenters. The lowest BCUT2D eigenvalue weighted by Gasteiger charge is -2.07. The van der Waals surface area contributed by atoms with Crippen molar-refractivity contribution in [1.82, 2.24) is 14.7 Å². The Bertz CT molecular complexity index is 839. The molecule has 0 aliphatic heterocycles. The maximum absolute atomic E-state index is 12.9. The number of nitrogens with one attached hydrogen (secondary N) is 1. The Labute approximate surface area is 140 Å². The van der Waals surface area contributed by atoms with Crippen molar-refractivity contribution in [2.24, 2.45) is 0 Å². The Morgan fingerprint density at radius 3 is 2.71 bits per heavy atom. The molecule has 2 heterocycles. The summed E-state index contributed by atoms with van der Waals surface area (Å²) in [5.74, 6) is -0.378. The average Bonchev–Trinajstić information content (AvgIpc) is 2.95. The normalized spacial score (nSPS) is 10.9. The van der Waals surface area contributed by atoms with Crippen LogP contribution in [-0.4, -0.2) is 21.8 Å². The van der Waals surface area contributed by atoms with Crippen LogP contribution in [0.25, 0.3) is 5.65 Å². The first kappa shape index (κ1) is 16.2. The van der Waals surface area contributed by atoms with E-state index in [0.717, 1.165) is 29.7 Å². The summed E-state index contributed by atoms with van der Waals surface area (Å²) in [7, 11) is 0. The first-order valence-corrected chi connectivity index (χ1v) is 8.17. The second-order valence-electron chi connectivity index (χ2n) is 5.72. The number of imidazole rings is 1. The van der Waals surface area contributed by atoms with Crippen molar-refractivity contribution in [3.8, 4) is 0 Å². The van der Waals surface area contributed by atoms with E-state index in [1.807, 2.05) is 28.8 Å². The largest absolute Gasteiger partial charge is 0.350 e. The smallest absolute Gasteiger partial charge is 0.270 e. The molecular weight excluding hydrogens is 305 g/mol. The van der Waals surface area contributed by atoms with Crippen LogP contribution in [0.4, 0.5) is 4.39 Å². The lowest BCUT2D eigenvalue weighted by Crippen LogP contribution is -2.27. The highest BCUT2D eigenvalue weighted by Gasteiger charge is 2.18. The van der Waals surface area contributed by atoms with E-state index in [1.165, 1.54) is 12.1 Å². The summed E-state index contributed by atoms with van der Waals surface area (Å²) in [5.41, 5.74) is 3.20. The van der Waals surface area contributed by atoms with Crippen molar-refractivity contribution >= 4 is 11.6 Å². The van der Waals surface area contributed by atoms with Crippen LogP contribution < -0.4 is 5.32 Å². The predicted molar refractivity (Wildman–Crippen MR) is 91.6 cm³/mol. The average molecular weight is 325 g/mol. The van der Waals surface area contributed by atoms with Crippen LogP contribution in [-0.2, 0) is 12.8 Å². The number of aromatic nitrogens is 2. The Balaban J connectivity index is 1.73. The third-order valence-electron chi connectivity index (χ3n) is 3.92. The van der Waals surface area contributed by atoms with Crippen LogP contribution in [0.2, 0.25) is 0 Å². The van der Waals surface area contributed by atoms with Gasteiger partial charge in [0.15, 0.2) is 0 Å². The molecule has 0 saturated heterocycles. The van der Waals surface area contributed by atoms with E-state index in [-0.39, 0.29) is 11.7 Å². The van der Waals surface area contributed by atoms with Gasteiger partial charge in [0, 0.05) is 12.7 Å². The summed E-state index contributed by atoms with van der Waals surface area (Å²) in [6.45, 7) is 2.57. The maximum Gasteiger partial charge on any atom is 0.270 e. The Kier molecular flexibility index (Phi) is 4.89. The van der Waals surface area contributed by atoms with Crippen molar-refractivity contribution in [3.05, 3.63) is 71.4 Å². The van der Waals surface area contributed by atoms with Gasteiger partial charge in [0.05, 0.1) is 5.69 Å². The number of fused-ring (bicyclic) bond motifs is 1. The number of benzene rings is 1. The van der Waals surface area contributed by atoms with Crippen molar-refractivity contribution < 1.29 is 9.18 Å². The molecule has 0 radical (unpaired) electrons. The standard InChI is InChI=1S/C19H20FN3O/c1-2-5-16-18(23-13-4-3-6-17(23)22-16)19(24)21-12-11-14-7-9-15(20)10-8-14/h3-4,6-10,13H,2,5,11-12H2,1H3,(H,21,24). The summed E-state index contributed by atoms with van der Waals surface area (Å²) in [5, 5.41) is 2.95. The fraction of sp³-hybridized carbons (Fsp3) is 0.263. The van der Waals surface area contributed by atoms with E-state index in [4.69, 9.17) is 0 Å². The van der Waals surface area contributed by atoms with Gasteiger partial charge in [0.25, 0.3) is 5.91 Å². The SMILES string of the molecule is CCCc1nc2ccccn2c1C(=O)NCCc1ccc(F)cc1. The van der Waals surface area contributed by atoms with Gasteiger partial charge in [0.1, 0.15) is 17.2 Å². The lowest BCUT2D eigenvalue weighted by atomic mass is 10.1. The van der Waals surface area contributed by atoms with Gasteiger partial charge < -0.3 is 5.32 Å². The molecule has 1 aromatic carbocycles. The summed E-state index contributed by atoms with van der Waals surface area (Å²) >= 11 is 0. The summed E-state index contributed by atoms with van der Waals surface area (Å²) < 4.78 is 14.7. The molecule has 24 heavy (non-hydrogen) atoms. The van der Waals surface area contributed by atoms with Crippen molar-refractivity contribution in [2.75, 3.05) is 6.54 Å². The van der Waals surface area contributed by atoms with Gasteiger partial charge in [-0.15, -0.1) is 0 Å². The molecule has 0 saturated carbocycles. The van der Waals surface area contributed by atoms with Crippen LogP contribution in [0, 0.1) is 5.82 Å². The zero-order valence-electron chi connectivity index (χ0n) is 13.6. The highest BCUT2D eigenvalue weighted by atomic mass is 19.1. The van der Waals surface area contributed by atoms with E-state index >= 15 is 0 Å². The van der Waals surface area contributed by atoms with Gasteiger partial charge in [-0.1, -0.05) is 31.5 Å². The van der Waals surface area contributed by atoms with Crippen LogP contribution in [0.3, 0.4) is 0 Å². The van der Waals surface area contributed by atoms with Gasteiger partial charge >= 0.3 is 0 Å². The molecule has 3 rings (SSSR count). The second-order valence-corrected chi connectivity index (χ2v) is 5.72. The molecule has 0 atom stereocenters. The lowest BCUT2D eigenvalue weighted by molar-refractivity contribution is 0.0947. The zero-order valence-corrected chi connectivity index (χ0v) is 13.6. The minimum Gasteiger partial charge on any atom is -0.350 e. The molecule has 3 aromatic rings. The number of aryl methyl sites for hydroxylation is 1. The van der Waals surface area contributed by atoms with E-state index < -0.39 is 0 Å². The van der Waals surface area contributed by atoms with Gasteiger partial charge in [-0.25, -0.2) is 9.37 Å². The molecule has 2 aromatic heterocycles. The minimum absolute atomic E-state index is 0.126. The maximum atomic E-state index is 12.9. The number of hydrogen-bond donors (Lipinski definition) is 1. The number of rotatable bonds is 6. The third kappa shape index (κ3) is 3.45. The van der Waals surface area contributed by atoms with Crippen LogP contribution >= 0.6 is 0 Å². The molecular formula is C19H20FN3O. The highest BCUT2D eigenvalue weighted by molar-refractivity contribution is 5.94. The number of pyridine rings is 1. The molecule has 0 aliphatic carbocycles. The Morgan fingerprint density at radius 2 is 1.96 bits per heavy atom. The monoisotopic (exact) mass is 325 g/mol. The minimum atomic E-state index is -0.252. The fourth-order valence-corrected chi connectivity index (χ4v) is 2.75. The molecule has 124 valence electrons. The first-order chi connectivity index (χ1) is 11.7. The quantitative estimate of drug-likeness (QED) is 0.755. The molecule has 0 bridgehead atoms. The molecule has 1 amide bonds. The van der Waals surface area contributed by atoms with Gasteiger partial charge in [0.2, 0.25) is 0 Å². The van der Waals surface area contributed by atoms with Crippen molar-refractivity contribution in [1.29, 1.82) is 0 Å². The summed E-state index contributed by atoms with van der Waals surface area (Å²) in [6, 6.07) is 12.0. The van der Waals surface area contributed by atoms with Crippen molar-refractivity contribution in [3.63, 3.8) is 0 Å². The second kappa shape index (κ2) is 7.25. The van der Waals surface area contributed by atoms with E-state index in [2.05, 4.69) is 17.2 Å². The van der Waals surface area contributed by atoms with E-state index in [9.17, 15) is 9.18 Å². The Hall–Kier alpha value is -2.69. The molecule has 4 nitrogen and oxygen atoms in total. The summed E-state index contributed by atoms with van der Waals surface area (Å²) in [4.78, 5) is 17.2. The van der Waals surface area contributed by atoms with Crippen LogP contribution in [0.1, 0.15) is 35.1 Å². The fourth-order valence-electron chi connectivity index (χ4n) is 2.75. The van der Waals surface area contributed by atoms with Crippen molar-refractivity contribution in [2.45, 2.75) is 26.2 Å². The Morgan fingerprint density at radius 1 is 1.17 bits per heavy atom. The molecule has 0 spiro atoms. The van der Waals surface area contributed by atoms with E-state index in [0.29, 0.717) is 18.7 Å². The number of hydrogen-bond acceptors (Lipinski definition) is 2. The first-order valence-electron chi connectivity index (χ1n) is 8.17. The number of amides is 1. The summed E-state index contributed by atoms with van der Waals surface area (Å²) in [6.07, 6.45) is 4.21. The third-order valence-corrected chi connectivity index (χ3v) is 3.92. The van der Waals surface area contributed by atoms with Crippen LogP contribution in [0.15, 0.2) is 48.7 Å². The van der Waals surface area contributed by atoms with E-state index in [1.54, 1.807) is 12.1 Å². The number of carbonyl (C=O) groups excluding carboxylic acids is 1. The molecule has 1 N–H and O–H groups in total. The van der Waals surface area contributed by atoms with Crippen LogP contribution in [0.5, 0.6) is 0 Å². The molecule has 0 aliphatic rings. The number of halogens is 1. The predicted octanol–water partition coefficient (Wildman–Crippen LogP) is 3.40. The van der Waals surface area contributed by atoms with Gasteiger partial charge in [-0.05, 0) is 42.7 Å². The topological polar surface area (TPSA) is 46.4 Å². The highest BCUT2D eigenvalue weighted by Crippen LogP contribution is 2.14. The number of carbonyl (C=O) groups is 1. The number of nitrogens with zero attached hydrogens (tertiary/aromatic N) is 2. The van der Waals surface area contributed by atoms with Gasteiger partial charge in [-0.3, -0.25) is 9.20 Å². The molecule has 5 heteroatoms. The zero-order chi connectivity index (χ0) is 16.9.